The van der Waals surface area contributed by atoms with E-state index in [0.29, 0.717) is 26.0 Å². The molecule has 0 aromatic heterocycles. The molecule has 0 radical (unpaired) electrons. The summed E-state index contributed by atoms with van der Waals surface area (Å²) in [6, 6.07) is 7.64. The predicted molar refractivity (Wildman–Crippen MR) is 115 cm³/mol. The van der Waals surface area contributed by atoms with E-state index in [0.717, 1.165) is 31.9 Å². The first-order valence-electron chi connectivity index (χ1n) is 11.0. The minimum absolute atomic E-state index is 0.0577. The normalized spacial score (nSPS) is 30.9. The Bertz CT molecular complexity index is 897. The number of hydrogen-bond acceptors (Lipinski definition) is 6. The van der Waals surface area contributed by atoms with Crippen LogP contribution in [-0.2, 0) is 36.4 Å². The van der Waals surface area contributed by atoms with Crippen molar-refractivity contribution in [2.45, 2.75) is 68.9 Å². The molecular formula is C22H32N2O6S. The number of ether oxygens (including phenoxy) is 3. The van der Waals surface area contributed by atoms with Gasteiger partial charge in [0, 0.05) is 12.6 Å². The van der Waals surface area contributed by atoms with Crippen LogP contribution in [0.1, 0.15) is 49.7 Å². The molecule has 2 heterocycles. The molecule has 2 fully saturated rings. The van der Waals surface area contributed by atoms with Crippen LogP contribution in [0.3, 0.4) is 0 Å². The molecule has 1 saturated carbocycles. The number of nitrogens with one attached hydrogen (secondary N) is 1. The molecule has 1 aliphatic carbocycles. The lowest BCUT2D eigenvalue weighted by Gasteiger charge is -2.42. The summed E-state index contributed by atoms with van der Waals surface area (Å²) in [6.07, 6.45) is 5.63. The first kappa shape index (κ1) is 22.5. The second kappa shape index (κ2) is 9.05. The molecule has 0 unspecified atom stereocenters. The summed E-state index contributed by atoms with van der Waals surface area (Å²) >= 11 is 0. The number of fused-ring (bicyclic) bond motifs is 2. The maximum absolute atomic E-state index is 12.3. The molecule has 172 valence electrons. The van der Waals surface area contributed by atoms with Crippen molar-refractivity contribution in [1.82, 2.24) is 9.62 Å². The molecule has 1 N–H and O–H groups in total. The highest BCUT2D eigenvalue weighted by molar-refractivity contribution is 7.88. The van der Waals surface area contributed by atoms with Crippen LogP contribution in [0.15, 0.2) is 24.3 Å². The molecule has 31 heavy (non-hydrogen) atoms. The van der Waals surface area contributed by atoms with Gasteiger partial charge in [-0.1, -0.05) is 24.3 Å². The van der Waals surface area contributed by atoms with E-state index in [2.05, 4.69) is 22.9 Å². The molecule has 3 aliphatic rings. The summed E-state index contributed by atoms with van der Waals surface area (Å²) in [4.78, 5) is 13.9. The van der Waals surface area contributed by atoms with Gasteiger partial charge < -0.3 is 19.1 Å². The molecule has 0 bridgehead atoms. The molecule has 2 aliphatic heterocycles. The Kier molecular flexibility index (Phi) is 6.57. The zero-order valence-corrected chi connectivity index (χ0v) is 19.0. The van der Waals surface area contributed by atoms with E-state index in [-0.39, 0.29) is 24.4 Å². The SMILES string of the molecule is COC(=O)N1CCC[C@H](NS(C)(=O)=O)[C@@H]1COC1CCC2(CC1)OCc1ccccc12. The third-order valence-electron chi connectivity index (χ3n) is 6.81. The first-order chi connectivity index (χ1) is 14.8. The molecule has 1 spiro atoms. The van der Waals surface area contributed by atoms with Crippen molar-refractivity contribution in [2.24, 2.45) is 0 Å². The van der Waals surface area contributed by atoms with Gasteiger partial charge in [-0.25, -0.2) is 17.9 Å². The molecule has 2 atom stereocenters. The maximum atomic E-state index is 12.3. The zero-order chi connectivity index (χ0) is 22.1. The van der Waals surface area contributed by atoms with Crippen LogP contribution in [0.4, 0.5) is 4.79 Å². The maximum Gasteiger partial charge on any atom is 0.409 e. The lowest BCUT2D eigenvalue weighted by molar-refractivity contribution is -0.102. The average molecular weight is 453 g/mol. The summed E-state index contributed by atoms with van der Waals surface area (Å²) in [5.41, 5.74) is 2.36. The standard InChI is InChI=1S/C22H32N2O6S/c1-28-21(25)24-13-5-8-19(23-31(2,26)27)20(24)15-29-17-9-11-22(12-10-17)18-7-4-3-6-16(18)14-30-22/h3-4,6-7,17,19-20,23H,5,8-15H2,1-2H3/t17?,19-,20-,22?/m0/s1. The van der Waals surface area contributed by atoms with Crippen molar-refractivity contribution in [3.05, 3.63) is 35.4 Å². The summed E-state index contributed by atoms with van der Waals surface area (Å²) in [5, 5.41) is 0. The van der Waals surface area contributed by atoms with Crippen LogP contribution in [0.5, 0.6) is 0 Å². The third kappa shape index (κ3) is 4.89. The van der Waals surface area contributed by atoms with E-state index in [9.17, 15) is 13.2 Å². The number of hydrogen-bond donors (Lipinski definition) is 1. The van der Waals surface area contributed by atoms with Crippen LogP contribution in [-0.4, -0.2) is 64.1 Å². The van der Waals surface area contributed by atoms with Crippen LogP contribution in [0.2, 0.25) is 0 Å². The van der Waals surface area contributed by atoms with E-state index in [1.807, 2.05) is 6.07 Å². The highest BCUT2D eigenvalue weighted by atomic mass is 32.2. The second-order valence-corrected chi connectivity index (χ2v) is 10.6. The van der Waals surface area contributed by atoms with Gasteiger partial charge in [-0.05, 0) is 49.7 Å². The smallest absolute Gasteiger partial charge is 0.409 e. The summed E-state index contributed by atoms with van der Waals surface area (Å²) in [6.45, 7) is 1.47. The number of sulfonamides is 1. The van der Waals surface area contributed by atoms with Gasteiger partial charge in [0.05, 0.1) is 44.3 Å². The molecule has 1 aromatic carbocycles. The number of carbonyl (C=O) groups excluding carboxylic acids is 1. The Balaban J connectivity index is 1.39. The van der Waals surface area contributed by atoms with E-state index in [4.69, 9.17) is 14.2 Å². The quantitative estimate of drug-likeness (QED) is 0.738. The van der Waals surface area contributed by atoms with Crippen molar-refractivity contribution in [2.75, 3.05) is 26.5 Å². The molecule has 9 heteroatoms. The minimum Gasteiger partial charge on any atom is -0.453 e. The number of methoxy groups -OCH3 is 1. The van der Waals surface area contributed by atoms with Crippen LogP contribution in [0, 0.1) is 0 Å². The van der Waals surface area contributed by atoms with Gasteiger partial charge in [-0.15, -0.1) is 0 Å². The van der Waals surface area contributed by atoms with Crippen LogP contribution in [0.25, 0.3) is 0 Å². The topological polar surface area (TPSA) is 94.2 Å². The number of nitrogens with zero attached hydrogens (tertiary/aromatic N) is 1. The summed E-state index contributed by atoms with van der Waals surface area (Å²) < 4.78 is 43.8. The fourth-order valence-corrected chi connectivity index (χ4v) is 6.10. The third-order valence-corrected chi connectivity index (χ3v) is 7.54. The average Bonchev–Trinajstić information content (AvgIpc) is 3.10. The minimum atomic E-state index is -3.40. The van der Waals surface area contributed by atoms with Gasteiger partial charge in [-0.2, -0.15) is 0 Å². The van der Waals surface area contributed by atoms with Gasteiger partial charge in [0.1, 0.15) is 0 Å². The first-order valence-corrected chi connectivity index (χ1v) is 12.9. The van der Waals surface area contributed by atoms with E-state index < -0.39 is 22.2 Å². The Morgan fingerprint density at radius 2 is 2.00 bits per heavy atom. The monoisotopic (exact) mass is 452 g/mol. The van der Waals surface area contributed by atoms with Crippen LogP contribution >= 0.6 is 0 Å². The van der Waals surface area contributed by atoms with Gasteiger partial charge >= 0.3 is 6.09 Å². The van der Waals surface area contributed by atoms with Crippen LogP contribution < -0.4 is 4.72 Å². The summed E-state index contributed by atoms with van der Waals surface area (Å²) in [7, 11) is -2.06. The molecule has 1 aromatic rings. The van der Waals surface area contributed by atoms with Crippen molar-refractivity contribution < 1.29 is 27.4 Å². The Morgan fingerprint density at radius 3 is 2.71 bits per heavy atom. The van der Waals surface area contributed by atoms with E-state index >= 15 is 0 Å². The Hall–Kier alpha value is -1.68. The number of benzene rings is 1. The summed E-state index contributed by atoms with van der Waals surface area (Å²) in [5.74, 6) is 0. The second-order valence-electron chi connectivity index (χ2n) is 8.84. The van der Waals surface area contributed by atoms with Gasteiger partial charge in [0.25, 0.3) is 0 Å². The van der Waals surface area contributed by atoms with Crippen molar-refractivity contribution in [3.63, 3.8) is 0 Å². The lowest BCUT2D eigenvalue weighted by Crippen LogP contribution is -2.59. The molecule has 1 amide bonds. The number of amides is 1. The fourth-order valence-electron chi connectivity index (χ4n) is 5.28. The van der Waals surface area contributed by atoms with Gasteiger partial charge in [0.2, 0.25) is 10.0 Å². The number of piperidine rings is 1. The Labute approximate surface area is 184 Å². The highest BCUT2D eigenvalue weighted by Crippen LogP contribution is 2.47. The predicted octanol–water partition coefficient (Wildman–Crippen LogP) is 2.52. The van der Waals surface area contributed by atoms with Crippen molar-refractivity contribution >= 4 is 16.1 Å². The largest absolute Gasteiger partial charge is 0.453 e. The zero-order valence-electron chi connectivity index (χ0n) is 18.2. The highest BCUT2D eigenvalue weighted by Gasteiger charge is 2.43. The molecule has 1 saturated heterocycles. The lowest BCUT2D eigenvalue weighted by atomic mass is 9.78. The number of carbonyl (C=O) groups is 1. The van der Waals surface area contributed by atoms with Gasteiger partial charge in [-0.3, -0.25) is 0 Å². The fraction of sp³-hybridized carbons (Fsp3) is 0.682. The number of rotatable bonds is 5. The van der Waals surface area contributed by atoms with E-state index in [1.54, 1.807) is 4.90 Å². The molecular weight excluding hydrogens is 420 g/mol. The molecule has 4 rings (SSSR count). The van der Waals surface area contributed by atoms with E-state index in [1.165, 1.54) is 18.2 Å². The number of likely N-dealkylation sites (tertiary alicyclic amines) is 1. The van der Waals surface area contributed by atoms with Crippen molar-refractivity contribution in [1.29, 1.82) is 0 Å². The Morgan fingerprint density at radius 1 is 1.26 bits per heavy atom. The molecule has 8 nitrogen and oxygen atoms in total. The van der Waals surface area contributed by atoms with Crippen molar-refractivity contribution in [3.8, 4) is 0 Å². The van der Waals surface area contributed by atoms with Gasteiger partial charge in [0.15, 0.2) is 0 Å².